The number of carbonyl (C=O) groups is 1. The number of hydrogen-bond acceptors (Lipinski definition) is 6. The normalized spacial score (nSPS) is 11.6. The SMILES string of the molecule is COc1ccc(Cc2[nH][nH]c(=O)c2[C@@H](CC(N)=O)c2cc(OC)c(OC)cc2OC)cc1. The Morgan fingerprint density at radius 3 is 2.09 bits per heavy atom. The molecule has 0 spiro atoms. The predicted octanol–water partition coefficient (Wildman–Crippen LogP) is 2.34. The Hall–Kier alpha value is -3.88. The van der Waals surface area contributed by atoms with Gasteiger partial charge in [0.2, 0.25) is 5.91 Å². The number of aromatic amines is 2. The van der Waals surface area contributed by atoms with Crippen molar-refractivity contribution in [2.45, 2.75) is 18.8 Å². The van der Waals surface area contributed by atoms with Crippen LogP contribution >= 0.6 is 0 Å². The van der Waals surface area contributed by atoms with E-state index in [0.717, 1.165) is 11.3 Å². The van der Waals surface area contributed by atoms with Gasteiger partial charge in [0.15, 0.2) is 11.5 Å². The zero-order valence-corrected chi connectivity index (χ0v) is 18.5. The second-order valence-electron chi connectivity index (χ2n) is 7.17. The van der Waals surface area contributed by atoms with Crippen LogP contribution in [0.4, 0.5) is 0 Å². The smallest absolute Gasteiger partial charge is 0.267 e. The standard InChI is InChI=1S/C23H27N3O6/c1-29-14-7-5-13(6-8-14)9-17-22(23(28)26-25-17)16(11-21(24)27)15-10-19(31-3)20(32-4)12-18(15)30-2/h5-8,10,12,16H,9,11H2,1-4H3,(H2,24,27)(H2,25,26,28)/t16-/m0/s1. The number of benzene rings is 2. The molecule has 0 saturated heterocycles. The van der Waals surface area contributed by atoms with Gasteiger partial charge in [-0.2, -0.15) is 0 Å². The van der Waals surface area contributed by atoms with Crippen LogP contribution in [-0.4, -0.2) is 44.5 Å². The fraction of sp³-hybridized carbons (Fsp3) is 0.304. The Bertz CT molecular complexity index is 1130. The zero-order valence-electron chi connectivity index (χ0n) is 18.5. The molecule has 0 bridgehead atoms. The third-order valence-corrected chi connectivity index (χ3v) is 5.30. The molecular weight excluding hydrogens is 414 g/mol. The summed E-state index contributed by atoms with van der Waals surface area (Å²) in [4.78, 5) is 24.8. The first kappa shape index (κ1) is 22.8. The molecule has 0 aliphatic rings. The van der Waals surface area contributed by atoms with Gasteiger partial charge in [0.05, 0.1) is 28.4 Å². The number of carbonyl (C=O) groups excluding carboxylic acids is 1. The summed E-state index contributed by atoms with van der Waals surface area (Å²) in [6.07, 6.45) is 0.339. The van der Waals surface area contributed by atoms with Crippen molar-refractivity contribution in [3.05, 3.63) is 69.1 Å². The molecule has 0 aliphatic heterocycles. The van der Waals surface area contributed by atoms with Crippen LogP contribution in [0.25, 0.3) is 0 Å². The van der Waals surface area contributed by atoms with E-state index in [-0.39, 0.29) is 12.0 Å². The monoisotopic (exact) mass is 441 g/mol. The highest BCUT2D eigenvalue weighted by Crippen LogP contribution is 2.41. The number of aromatic nitrogens is 2. The molecule has 1 aromatic heterocycles. The summed E-state index contributed by atoms with van der Waals surface area (Å²) in [7, 11) is 6.13. The first-order valence-electron chi connectivity index (χ1n) is 9.92. The highest BCUT2D eigenvalue weighted by Gasteiger charge is 2.28. The van der Waals surface area contributed by atoms with Gasteiger partial charge in [0.25, 0.3) is 5.56 Å². The van der Waals surface area contributed by atoms with E-state index in [0.29, 0.717) is 40.5 Å². The maximum absolute atomic E-state index is 12.8. The number of hydrogen-bond donors (Lipinski definition) is 3. The lowest BCUT2D eigenvalue weighted by molar-refractivity contribution is -0.118. The molecule has 9 nitrogen and oxygen atoms in total. The Morgan fingerprint density at radius 2 is 1.53 bits per heavy atom. The molecule has 4 N–H and O–H groups in total. The minimum absolute atomic E-state index is 0.0949. The van der Waals surface area contributed by atoms with Crippen molar-refractivity contribution in [2.24, 2.45) is 5.73 Å². The van der Waals surface area contributed by atoms with Gasteiger partial charge in [0.1, 0.15) is 11.5 Å². The fourth-order valence-corrected chi connectivity index (χ4v) is 3.75. The molecule has 0 saturated carbocycles. The maximum atomic E-state index is 12.8. The predicted molar refractivity (Wildman–Crippen MR) is 119 cm³/mol. The quantitative estimate of drug-likeness (QED) is 0.443. The van der Waals surface area contributed by atoms with E-state index < -0.39 is 11.8 Å². The van der Waals surface area contributed by atoms with Crippen LogP contribution in [0.15, 0.2) is 41.2 Å². The molecule has 1 atom stereocenters. The first-order chi connectivity index (χ1) is 15.4. The molecule has 1 amide bonds. The van der Waals surface area contributed by atoms with Crippen LogP contribution in [0.1, 0.15) is 34.7 Å². The van der Waals surface area contributed by atoms with E-state index in [1.165, 1.54) is 21.3 Å². The Balaban J connectivity index is 2.12. The Kier molecular flexibility index (Phi) is 7.09. The van der Waals surface area contributed by atoms with Crippen LogP contribution in [0, 0.1) is 0 Å². The Morgan fingerprint density at radius 1 is 0.906 bits per heavy atom. The van der Waals surface area contributed by atoms with Gasteiger partial charge in [-0.15, -0.1) is 0 Å². The van der Waals surface area contributed by atoms with Gasteiger partial charge in [-0.1, -0.05) is 12.1 Å². The topological polar surface area (TPSA) is 129 Å². The molecule has 32 heavy (non-hydrogen) atoms. The van der Waals surface area contributed by atoms with Crippen molar-refractivity contribution in [1.82, 2.24) is 10.2 Å². The molecule has 0 fully saturated rings. The summed E-state index contributed by atoms with van der Waals surface area (Å²) in [6.45, 7) is 0. The van der Waals surface area contributed by atoms with E-state index in [1.807, 2.05) is 24.3 Å². The summed E-state index contributed by atoms with van der Waals surface area (Å²) in [6, 6.07) is 10.9. The lowest BCUT2D eigenvalue weighted by Gasteiger charge is -2.21. The van der Waals surface area contributed by atoms with E-state index in [9.17, 15) is 9.59 Å². The van der Waals surface area contributed by atoms with Gasteiger partial charge in [-0.05, 0) is 23.8 Å². The van der Waals surface area contributed by atoms with E-state index in [4.69, 9.17) is 24.7 Å². The van der Waals surface area contributed by atoms with E-state index >= 15 is 0 Å². The molecule has 0 aliphatic carbocycles. The van der Waals surface area contributed by atoms with Gasteiger partial charge in [-0.3, -0.25) is 14.7 Å². The summed E-state index contributed by atoms with van der Waals surface area (Å²) in [5.41, 5.74) is 7.83. The van der Waals surface area contributed by atoms with Crippen LogP contribution in [0.5, 0.6) is 23.0 Å². The third-order valence-electron chi connectivity index (χ3n) is 5.30. The highest BCUT2D eigenvalue weighted by atomic mass is 16.5. The number of methoxy groups -OCH3 is 4. The zero-order chi connectivity index (χ0) is 23.3. The van der Waals surface area contributed by atoms with Crippen LogP contribution < -0.4 is 30.2 Å². The second-order valence-corrected chi connectivity index (χ2v) is 7.17. The summed E-state index contributed by atoms with van der Waals surface area (Å²) < 4.78 is 21.5. The molecule has 9 heteroatoms. The van der Waals surface area contributed by atoms with Crippen LogP contribution in [-0.2, 0) is 11.2 Å². The number of nitrogens with one attached hydrogen (secondary N) is 2. The van der Waals surface area contributed by atoms with Gasteiger partial charge < -0.3 is 29.8 Å². The number of H-pyrrole nitrogens is 2. The molecule has 1 heterocycles. The molecule has 3 aromatic rings. The van der Waals surface area contributed by atoms with Crippen LogP contribution in [0.2, 0.25) is 0 Å². The van der Waals surface area contributed by atoms with Gasteiger partial charge in [-0.25, -0.2) is 0 Å². The summed E-state index contributed by atoms with van der Waals surface area (Å²) in [5.74, 6) is 0.880. The van der Waals surface area contributed by atoms with E-state index in [2.05, 4.69) is 10.2 Å². The Labute approximate surface area is 185 Å². The number of nitrogens with two attached hydrogens (primary N) is 1. The average molecular weight is 441 g/mol. The molecule has 3 rings (SSSR count). The van der Waals surface area contributed by atoms with E-state index in [1.54, 1.807) is 19.2 Å². The summed E-state index contributed by atoms with van der Waals surface area (Å²) in [5, 5.41) is 5.58. The molecule has 0 unspecified atom stereocenters. The molecule has 0 radical (unpaired) electrons. The van der Waals surface area contributed by atoms with Crippen molar-refractivity contribution in [1.29, 1.82) is 0 Å². The number of amides is 1. The van der Waals surface area contributed by atoms with Gasteiger partial charge in [0, 0.05) is 41.6 Å². The molecule has 2 aromatic carbocycles. The molecule has 170 valence electrons. The number of rotatable bonds is 10. The first-order valence-corrected chi connectivity index (χ1v) is 9.92. The van der Waals surface area contributed by atoms with Crippen molar-refractivity contribution < 1.29 is 23.7 Å². The fourth-order valence-electron chi connectivity index (χ4n) is 3.75. The average Bonchev–Trinajstić information content (AvgIpc) is 3.16. The summed E-state index contributed by atoms with van der Waals surface area (Å²) >= 11 is 0. The molecular formula is C23H27N3O6. The number of ether oxygens (including phenoxy) is 4. The van der Waals surface area contributed by atoms with Crippen LogP contribution in [0.3, 0.4) is 0 Å². The largest absolute Gasteiger partial charge is 0.497 e. The maximum Gasteiger partial charge on any atom is 0.267 e. The number of primary amides is 1. The second kappa shape index (κ2) is 9.95. The van der Waals surface area contributed by atoms with Crippen molar-refractivity contribution >= 4 is 5.91 Å². The van der Waals surface area contributed by atoms with Gasteiger partial charge >= 0.3 is 0 Å². The van der Waals surface area contributed by atoms with Crippen molar-refractivity contribution in [3.63, 3.8) is 0 Å². The minimum atomic E-state index is -0.662. The van der Waals surface area contributed by atoms with Crippen molar-refractivity contribution in [2.75, 3.05) is 28.4 Å². The van der Waals surface area contributed by atoms with Crippen molar-refractivity contribution in [3.8, 4) is 23.0 Å². The lowest BCUT2D eigenvalue weighted by Crippen LogP contribution is -2.21. The lowest BCUT2D eigenvalue weighted by atomic mass is 9.86. The third kappa shape index (κ3) is 4.72. The highest BCUT2D eigenvalue weighted by molar-refractivity contribution is 5.76. The minimum Gasteiger partial charge on any atom is -0.497 e.